The Kier molecular flexibility index (Phi) is 6.12. The molecule has 152 valence electrons. The van der Waals surface area contributed by atoms with E-state index < -0.39 is 23.3 Å². The number of amides is 2. The van der Waals surface area contributed by atoms with Gasteiger partial charge in [0.15, 0.2) is 5.17 Å². The fourth-order valence-electron chi connectivity index (χ4n) is 2.45. The Morgan fingerprint density at radius 1 is 1.17 bits per heavy atom. The highest BCUT2D eigenvalue weighted by molar-refractivity contribution is 8.15. The van der Waals surface area contributed by atoms with E-state index in [1.807, 2.05) is 31.2 Å². The van der Waals surface area contributed by atoms with Gasteiger partial charge in [-0.1, -0.05) is 29.5 Å². The van der Waals surface area contributed by atoms with Gasteiger partial charge in [-0.2, -0.15) is 0 Å². The summed E-state index contributed by atoms with van der Waals surface area (Å²) in [5.74, 6) is -1.16. The third kappa shape index (κ3) is 6.24. The third-order valence-electron chi connectivity index (χ3n) is 3.78. The van der Waals surface area contributed by atoms with E-state index in [1.54, 1.807) is 0 Å². The Hall–Kier alpha value is -3.01. The molecule has 0 radical (unpaired) electrons. The van der Waals surface area contributed by atoms with E-state index in [0.717, 1.165) is 29.5 Å². The van der Waals surface area contributed by atoms with Crippen LogP contribution in [-0.2, 0) is 9.59 Å². The summed E-state index contributed by atoms with van der Waals surface area (Å²) >= 11 is 1.15. The molecule has 2 amide bonds. The summed E-state index contributed by atoms with van der Waals surface area (Å²) in [7, 11) is 0. The molecular formula is C19H16F3N3O3S. The van der Waals surface area contributed by atoms with Crippen molar-refractivity contribution in [2.24, 2.45) is 4.99 Å². The van der Waals surface area contributed by atoms with Gasteiger partial charge in [0.25, 0.3) is 0 Å². The number of aryl methyl sites for hydroxylation is 1. The average Bonchev–Trinajstić information content (AvgIpc) is 2.96. The standard InChI is InChI=1S/C19H16F3N3O3S/c1-11-2-4-13(5-3-11)24-18-25-17(27)15(29-18)10-16(26)23-12-6-8-14(9-7-12)28-19(20,21)22/h2-9,15H,10H2,1H3,(H,23,26)(H,24,25,27)/t15-/m0/s1. The number of amidine groups is 1. The minimum Gasteiger partial charge on any atom is -0.406 e. The Morgan fingerprint density at radius 3 is 2.45 bits per heavy atom. The van der Waals surface area contributed by atoms with Crippen molar-refractivity contribution in [3.63, 3.8) is 0 Å². The van der Waals surface area contributed by atoms with Crippen molar-refractivity contribution in [1.29, 1.82) is 0 Å². The lowest BCUT2D eigenvalue weighted by molar-refractivity contribution is -0.274. The molecule has 10 heteroatoms. The molecule has 1 saturated heterocycles. The summed E-state index contributed by atoms with van der Waals surface area (Å²) in [6.45, 7) is 1.95. The first-order valence-corrected chi connectivity index (χ1v) is 9.34. The van der Waals surface area contributed by atoms with Crippen LogP contribution in [0.25, 0.3) is 0 Å². The lowest BCUT2D eigenvalue weighted by Gasteiger charge is -2.10. The fourth-order valence-corrected chi connectivity index (χ4v) is 3.44. The Labute approximate surface area is 168 Å². The van der Waals surface area contributed by atoms with Crippen LogP contribution >= 0.6 is 11.8 Å². The molecule has 0 spiro atoms. The van der Waals surface area contributed by atoms with Gasteiger partial charge < -0.3 is 15.4 Å². The minimum atomic E-state index is -4.78. The fraction of sp³-hybridized carbons (Fsp3) is 0.211. The van der Waals surface area contributed by atoms with Crippen LogP contribution in [0.2, 0.25) is 0 Å². The summed E-state index contributed by atoms with van der Waals surface area (Å²) in [6, 6.07) is 12.2. The summed E-state index contributed by atoms with van der Waals surface area (Å²) < 4.78 is 40.3. The van der Waals surface area contributed by atoms with E-state index in [4.69, 9.17) is 0 Å². The predicted molar refractivity (Wildman–Crippen MR) is 104 cm³/mol. The molecule has 1 heterocycles. The molecule has 3 rings (SSSR count). The average molecular weight is 423 g/mol. The molecule has 2 aromatic rings. The molecule has 0 saturated carbocycles. The summed E-state index contributed by atoms with van der Waals surface area (Å²) in [4.78, 5) is 28.6. The number of rotatable bonds is 5. The van der Waals surface area contributed by atoms with Crippen molar-refractivity contribution in [2.45, 2.75) is 25.0 Å². The first-order valence-electron chi connectivity index (χ1n) is 8.46. The zero-order chi connectivity index (χ0) is 21.0. The second-order valence-electron chi connectivity index (χ2n) is 6.17. The first-order chi connectivity index (χ1) is 13.7. The Morgan fingerprint density at radius 2 is 1.83 bits per heavy atom. The smallest absolute Gasteiger partial charge is 0.406 e. The van der Waals surface area contributed by atoms with Gasteiger partial charge in [-0.05, 0) is 43.3 Å². The van der Waals surface area contributed by atoms with E-state index in [0.29, 0.717) is 16.5 Å². The highest BCUT2D eigenvalue weighted by Crippen LogP contribution is 2.27. The molecule has 1 aliphatic heterocycles. The maximum absolute atomic E-state index is 12.2. The molecule has 6 nitrogen and oxygen atoms in total. The van der Waals surface area contributed by atoms with Gasteiger partial charge >= 0.3 is 6.36 Å². The van der Waals surface area contributed by atoms with Crippen LogP contribution in [0.3, 0.4) is 0 Å². The lowest BCUT2D eigenvalue weighted by Crippen LogP contribution is -2.28. The molecule has 1 aliphatic rings. The van der Waals surface area contributed by atoms with Gasteiger partial charge in [0.05, 0.1) is 5.69 Å². The van der Waals surface area contributed by atoms with E-state index in [1.165, 1.54) is 12.1 Å². The number of anilines is 1. The topological polar surface area (TPSA) is 79.8 Å². The Balaban J connectivity index is 1.55. The Bertz CT molecular complexity index is 928. The second-order valence-corrected chi connectivity index (χ2v) is 7.36. The SMILES string of the molecule is Cc1ccc(N=C2NC(=O)[C@H](CC(=O)Nc3ccc(OC(F)(F)F)cc3)S2)cc1. The maximum atomic E-state index is 12.2. The number of ether oxygens (including phenoxy) is 1. The molecular weight excluding hydrogens is 407 g/mol. The van der Waals surface area contributed by atoms with Crippen molar-refractivity contribution < 1.29 is 27.5 Å². The monoisotopic (exact) mass is 423 g/mol. The first kappa shape index (κ1) is 20.7. The predicted octanol–water partition coefficient (Wildman–Crippen LogP) is 4.14. The number of thioether (sulfide) groups is 1. The van der Waals surface area contributed by atoms with E-state index in [9.17, 15) is 22.8 Å². The quantitative estimate of drug-likeness (QED) is 0.758. The normalized spacial score (nSPS) is 17.9. The molecule has 1 atom stereocenters. The van der Waals surface area contributed by atoms with Crippen molar-refractivity contribution in [3.05, 3.63) is 54.1 Å². The van der Waals surface area contributed by atoms with E-state index in [-0.39, 0.29) is 12.3 Å². The molecule has 0 unspecified atom stereocenters. The number of halogens is 3. The maximum Gasteiger partial charge on any atom is 0.573 e. The van der Waals surface area contributed by atoms with Gasteiger partial charge in [0.1, 0.15) is 11.0 Å². The zero-order valence-corrected chi connectivity index (χ0v) is 15.9. The number of nitrogens with one attached hydrogen (secondary N) is 2. The molecule has 2 N–H and O–H groups in total. The highest BCUT2D eigenvalue weighted by Gasteiger charge is 2.32. The molecule has 2 aromatic carbocycles. The summed E-state index contributed by atoms with van der Waals surface area (Å²) in [5, 5.41) is 4.94. The highest BCUT2D eigenvalue weighted by atomic mass is 32.2. The molecule has 0 bridgehead atoms. The number of hydrogen-bond donors (Lipinski definition) is 2. The van der Waals surface area contributed by atoms with Crippen LogP contribution in [0.15, 0.2) is 53.5 Å². The molecule has 1 fully saturated rings. The number of carbonyl (C=O) groups is 2. The number of nitrogens with zero attached hydrogens (tertiary/aromatic N) is 1. The van der Waals surface area contributed by atoms with Crippen LogP contribution in [0.4, 0.5) is 24.5 Å². The van der Waals surface area contributed by atoms with Crippen molar-refractivity contribution >= 4 is 40.1 Å². The summed E-state index contributed by atoms with van der Waals surface area (Å²) in [5.41, 5.74) is 2.07. The number of carbonyl (C=O) groups excluding carboxylic acids is 2. The van der Waals surface area contributed by atoms with Gasteiger partial charge in [-0.25, -0.2) is 4.99 Å². The zero-order valence-electron chi connectivity index (χ0n) is 15.1. The van der Waals surface area contributed by atoms with Gasteiger partial charge in [-0.3, -0.25) is 9.59 Å². The number of hydrogen-bond acceptors (Lipinski definition) is 5. The second kappa shape index (κ2) is 8.56. The molecule has 0 aliphatic carbocycles. The minimum absolute atomic E-state index is 0.107. The van der Waals surface area contributed by atoms with E-state index in [2.05, 4.69) is 20.4 Å². The van der Waals surface area contributed by atoms with Crippen LogP contribution in [0, 0.1) is 6.92 Å². The number of aliphatic imine (C=N–C) groups is 1. The van der Waals surface area contributed by atoms with Crippen LogP contribution in [0.1, 0.15) is 12.0 Å². The number of alkyl halides is 3. The van der Waals surface area contributed by atoms with Crippen LogP contribution in [-0.4, -0.2) is 28.6 Å². The van der Waals surface area contributed by atoms with Crippen molar-refractivity contribution in [1.82, 2.24) is 5.32 Å². The van der Waals surface area contributed by atoms with Crippen LogP contribution in [0.5, 0.6) is 5.75 Å². The molecule has 0 aromatic heterocycles. The molecule has 29 heavy (non-hydrogen) atoms. The summed E-state index contributed by atoms with van der Waals surface area (Å²) in [6.07, 6.45) is -4.89. The van der Waals surface area contributed by atoms with E-state index >= 15 is 0 Å². The lowest BCUT2D eigenvalue weighted by atomic mass is 10.2. The van der Waals surface area contributed by atoms with Crippen LogP contribution < -0.4 is 15.4 Å². The van der Waals surface area contributed by atoms with Crippen molar-refractivity contribution in [3.8, 4) is 5.75 Å². The largest absolute Gasteiger partial charge is 0.573 e. The van der Waals surface area contributed by atoms with Crippen molar-refractivity contribution in [2.75, 3.05) is 5.32 Å². The van der Waals surface area contributed by atoms with Gasteiger partial charge in [0.2, 0.25) is 11.8 Å². The third-order valence-corrected chi connectivity index (χ3v) is 4.87. The number of benzene rings is 2. The van der Waals surface area contributed by atoms with Gasteiger partial charge in [0, 0.05) is 12.1 Å². The van der Waals surface area contributed by atoms with Gasteiger partial charge in [-0.15, -0.1) is 13.2 Å².